The lowest BCUT2D eigenvalue weighted by Gasteiger charge is -2.19. The third-order valence-corrected chi connectivity index (χ3v) is 6.40. The van der Waals surface area contributed by atoms with Crippen LogP contribution >= 0.6 is 11.3 Å². The van der Waals surface area contributed by atoms with Crippen LogP contribution < -0.4 is 15.1 Å². The maximum Gasteiger partial charge on any atom is 0.312 e. The van der Waals surface area contributed by atoms with E-state index in [1.807, 2.05) is 19.1 Å². The zero-order chi connectivity index (χ0) is 21.8. The Hall–Kier alpha value is -2.94. The molecule has 1 aromatic carbocycles. The van der Waals surface area contributed by atoms with Gasteiger partial charge in [0, 0.05) is 42.8 Å². The molecule has 1 N–H and O–H groups in total. The van der Waals surface area contributed by atoms with Crippen LogP contribution in [0.15, 0.2) is 23.6 Å². The first-order chi connectivity index (χ1) is 15.0. The zero-order valence-corrected chi connectivity index (χ0v) is 18.4. The first-order valence-electron chi connectivity index (χ1n) is 10.6. The monoisotopic (exact) mass is 442 g/mol. The van der Waals surface area contributed by atoms with Crippen molar-refractivity contribution in [2.75, 3.05) is 41.4 Å². The van der Waals surface area contributed by atoms with Crippen molar-refractivity contribution in [3.63, 3.8) is 0 Å². The van der Waals surface area contributed by atoms with E-state index in [1.54, 1.807) is 10.3 Å². The number of hydrogen-bond donors (Lipinski definition) is 1. The van der Waals surface area contributed by atoms with Gasteiger partial charge in [0.05, 0.1) is 12.1 Å². The second-order valence-corrected chi connectivity index (χ2v) is 8.69. The van der Waals surface area contributed by atoms with Crippen molar-refractivity contribution in [2.45, 2.75) is 39.0 Å². The number of amides is 2. The average molecular weight is 443 g/mol. The van der Waals surface area contributed by atoms with E-state index in [2.05, 4.69) is 21.3 Å². The molecule has 0 saturated carbocycles. The van der Waals surface area contributed by atoms with Crippen LogP contribution in [0.2, 0.25) is 0 Å². The molecule has 1 aromatic heterocycles. The largest absolute Gasteiger partial charge is 0.455 e. The van der Waals surface area contributed by atoms with Gasteiger partial charge in [-0.05, 0) is 49.9 Å². The number of ether oxygens (including phenoxy) is 1. The number of benzene rings is 1. The summed E-state index contributed by atoms with van der Waals surface area (Å²) in [5.41, 5.74) is 3.38. The van der Waals surface area contributed by atoms with Crippen molar-refractivity contribution in [1.29, 1.82) is 0 Å². The molecule has 9 heteroatoms. The molecule has 2 amide bonds. The molecule has 31 heavy (non-hydrogen) atoms. The molecule has 164 valence electrons. The summed E-state index contributed by atoms with van der Waals surface area (Å²) >= 11 is 1.33. The highest BCUT2D eigenvalue weighted by Gasteiger charge is 2.24. The number of aryl methyl sites for hydroxylation is 1. The molecule has 4 rings (SSSR count). The molecule has 2 aliphatic heterocycles. The standard InChI is InChI=1S/C22H26N4O4S/c1-15-11-17(25-8-2-3-9-25)6-7-18(15)24-19(27)13-30-21(29)12-16-14-31-22(23-16)26-10-4-5-20(26)28/h6-7,11,14H,2-5,8-10,12-13H2,1H3,(H,24,27). The molecule has 3 heterocycles. The first-order valence-corrected chi connectivity index (χ1v) is 11.4. The highest BCUT2D eigenvalue weighted by atomic mass is 32.1. The molecule has 2 saturated heterocycles. The van der Waals surface area contributed by atoms with Crippen molar-refractivity contribution in [3.05, 3.63) is 34.8 Å². The Bertz CT molecular complexity index is 984. The van der Waals surface area contributed by atoms with Crippen molar-refractivity contribution < 1.29 is 19.1 Å². The van der Waals surface area contributed by atoms with Crippen LogP contribution in [0.3, 0.4) is 0 Å². The lowest BCUT2D eigenvalue weighted by molar-refractivity contribution is -0.146. The fourth-order valence-electron chi connectivity index (χ4n) is 3.84. The summed E-state index contributed by atoms with van der Waals surface area (Å²) in [7, 11) is 0. The van der Waals surface area contributed by atoms with Crippen LogP contribution in [-0.4, -0.2) is 49.0 Å². The first kappa shape index (κ1) is 21.3. The van der Waals surface area contributed by atoms with Crippen molar-refractivity contribution in [3.8, 4) is 0 Å². The lowest BCUT2D eigenvalue weighted by atomic mass is 10.1. The highest BCUT2D eigenvalue weighted by Crippen LogP contribution is 2.26. The van der Waals surface area contributed by atoms with Crippen LogP contribution in [0.5, 0.6) is 0 Å². The number of nitrogens with zero attached hydrogens (tertiary/aromatic N) is 3. The van der Waals surface area contributed by atoms with Gasteiger partial charge in [-0.2, -0.15) is 0 Å². The minimum absolute atomic E-state index is 0.0324. The van der Waals surface area contributed by atoms with Crippen molar-refractivity contribution >= 4 is 45.6 Å². The Labute approximate surface area is 185 Å². The number of rotatable bonds is 7. The predicted octanol–water partition coefficient (Wildman–Crippen LogP) is 2.90. The molecule has 0 unspecified atom stereocenters. The minimum atomic E-state index is -0.527. The topological polar surface area (TPSA) is 91.8 Å². The third kappa shape index (κ3) is 5.22. The van der Waals surface area contributed by atoms with E-state index in [0.29, 0.717) is 29.5 Å². The van der Waals surface area contributed by atoms with Gasteiger partial charge < -0.3 is 15.0 Å². The van der Waals surface area contributed by atoms with E-state index in [0.717, 1.165) is 30.8 Å². The molecular formula is C22H26N4O4S. The van der Waals surface area contributed by atoms with Crippen LogP contribution in [-0.2, 0) is 25.5 Å². The lowest BCUT2D eigenvalue weighted by Crippen LogP contribution is -2.24. The molecule has 0 spiro atoms. The molecule has 0 bridgehead atoms. The summed E-state index contributed by atoms with van der Waals surface area (Å²) in [6.07, 6.45) is 3.75. The molecule has 8 nitrogen and oxygen atoms in total. The summed E-state index contributed by atoms with van der Waals surface area (Å²) in [5.74, 6) is -0.850. The van der Waals surface area contributed by atoms with E-state index < -0.39 is 5.97 Å². The number of nitrogens with one attached hydrogen (secondary N) is 1. The van der Waals surface area contributed by atoms with E-state index >= 15 is 0 Å². The van der Waals surface area contributed by atoms with Crippen LogP contribution in [0.25, 0.3) is 0 Å². The van der Waals surface area contributed by atoms with Gasteiger partial charge in [-0.3, -0.25) is 19.3 Å². The maximum absolute atomic E-state index is 12.2. The molecule has 0 radical (unpaired) electrons. The van der Waals surface area contributed by atoms with Gasteiger partial charge in [-0.1, -0.05) is 0 Å². The van der Waals surface area contributed by atoms with Gasteiger partial charge in [0.15, 0.2) is 11.7 Å². The maximum atomic E-state index is 12.2. The van der Waals surface area contributed by atoms with Crippen LogP contribution in [0.4, 0.5) is 16.5 Å². The minimum Gasteiger partial charge on any atom is -0.455 e. The number of esters is 1. The molecule has 2 aromatic rings. The zero-order valence-electron chi connectivity index (χ0n) is 17.6. The number of anilines is 3. The van der Waals surface area contributed by atoms with E-state index in [9.17, 15) is 14.4 Å². The normalized spacial score (nSPS) is 16.1. The predicted molar refractivity (Wildman–Crippen MR) is 120 cm³/mol. The molecule has 2 aliphatic rings. The summed E-state index contributed by atoms with van der Waals surface area (Å²) < 4.78 is 5.11. The number of carbonyl (C=O) groups is 3. The summed E-state index contributed by atoms with van der Waals surface area (Å²) in [5, 5.41) is 5.15. The number of hydrogen-bond acceptors (Lipinski definition) is 7. The third-order valence-electron chi connectivity index (χ3n) is 5.49. The van der Waals surface area contributed by atoms with Gasteiger partial charge in [-0.25, -0.2) is 4.98 Å². The van der Waals surface area contributed by atoms with Crippen LogP contribution in [0, 0.1) is 6.92 Å². The SMILES string of the molecule is Cc1cc(N2CCCC2)ccc1NC(=O)COC(=O)Cc1csc(N2CCCC2=O)n1. The van der Waals surface area contributed by atoms with Crippen LogP contribution in [0.1, 0.15) is 36.9 Å². The molecule has 0 atom stereocenters. The molecular weight excluding hydrogens is 416 g/mol. The Morgan fingerprint density at radius 2 is 2.00 bits per heavy atom. The Morgan fingerprint density at radius 1 is 1.19 bits per heavy atom. The average Bonchev–Trinajstić information content (AvgIpc) is 3.50. The fraction of sp³-hybridized carbons (Fsp3) is 0.455. The fourth-order valence-corrected chi connectivity index (χ4v) is 4.71. The number of carbonyl (C=O) groups excluding carboxylic acids is 3. The smallest absolute Gasteiger partial charge is 0.312 e. The summed E-state index contributed by atoms with van der Waals surface area (Å²) in [6.45, 7) is 4.39. The van der Waals surface area contributed by atoms with Gasteiger partial charge in [-0.15, -0.1) is 11.3 Å². The van der Waals surface area contributed by atoms with Crippen molar-refractivity contribution in [1.82, 2.24) is 4.98 Å². The van der Waals surface area contributed by atoms with E-state index in [1.165, 1.54) is 24.2 Å². The van der Waals surface area contributed by atoms with Gasteiger partial charge >= 0.3 is 5.97 Å². The Morgan fingerprint density at radius 3 is 2.71 bits per heavy atom. The summed E-state index contributed by atoms with van der Waals surface area (Å²) in [4.78, 5) is 44.4. The quantitative estimate of drug-likeness (QED) is 0.663. The number of thiazole rings is 1. The van der Waals surface area contributed by atoms with Gasteiger partial charge in [0.2, 0.25) is 5.91 Å². The second kappa shape index (κ2) is 9.47. The summed E-state index contributed by atoms with van der Waals surface area (Å²) in [6, 6.07) is 5.96. The molecule has 2 fully saturated rings. The van der Waals surface area contributed by atoms with E-state index in [4.69, 9.17) is 4.74 Å². The molecule has 0 aliphatic carbocycles. The van der Waals surface area contributed by atoms with Gasteiger partial charge in [0.1, 0.15) is 0 Å². The Kier molecular flexibility index (Phi) is 6.50. The van der Waals surface area contributed by atoms with Crippen molar-refractivity contribution in [2.24, 2.45) is 0 Å². The Balaban J connectivity index is 1.24. The van der Waals surface area contributed by atoms with E-state index in [-0.39, 0.29) is 24.8 Å². The number of aromatic nitrogens is 1. The highest BCUT2D eigenvalue weighted by molar-refractivity contribution is 7.14. The second-order valence-electron chi connectivity index (χ2n) is 7.85. The van der Waals surface area contributed by atoms with Gasteiger partial charge in [0.25, 0.3) is 5.91 Å².